The summed E-state index contributed by atoms with van der Waals surface area (Å²) in [5.74, 6) is 0. The van der Waals surface area contributed by atoms with Crippen molar-refractivity contribution < 1.29 is 18.7 Å². The van der Waals surface area contributed by atoms with Crippen molar-refractivity contribution in [1.29, 1.82) is 0 Å². The summed E-state index contributed by atoms with van der Waals surface area (Å²) in [4.78, 5) is 19.7. The number of hydrogen-bond acceptors (Lipinski definition) is 6. The predicted octanol–water partition coefficient (Wildman–Crippen LogP) is 1.54. The molecule has 0 bridgehead atoms. The molecule has 0 fully saturated rings. The summed E-state index contributed by atoms with van der Waals surface area (Å²) >= 11 is 0. The van der Waals surface area contributed by atoms with Crippen LogP contribution in [0.4, 0.5) is 0 Å². The van der Waals surface area contributed by atoms with E-state index in [4.69, 9.17) is 8.83 Å². The molecule has 0 amide bonds. The number of phosphoric acid groups is 1. The molecular weight excluding hydrogens is 399 g/mol. The van der Waals surface area contributed by atoms with E-state index in [1.165, 1.54) is 0 Å². The molecule has 0 saturated heterocycles. The van der Waals surface area contributed by atoms with Crippen LogP contribution in [-0.2, 0) is 8.88 Å². The van der Waals surface area contributed by atoms with Gasteiger partial charge >= 0.3 is 159 Å². The van der Waals surface area contributed by atoms with Gasteiger partial charge in [-0.2, -0.15) is 0 Å². The molecule has 0 aliphatic rings. The first-order chi connectivity index (χ1) is 11.4. The van der Waals surface area contributed by atoms with Gasteiger partial charge in [0.1, 0.15) is 0 Å². The molecule has 0 aliphatic carbocycles. The Morgan fingerprint density at radius 1 is 0.692 bits per heavy atom. The van der Waals surface area contributed by atoms with Gasteiger partial charge in [-0.25, -0.2) is 0 Å². The van der Waals surface area contributed by atoms with Crippen molar-refractivity contribution in [3.8, 4) is 0 Å². The minimum absolute atomic E-state index is 1.69. The Hall–Kier alpha value is 0.530. The molecule has 0 radical (unpaired) electrons. The van der Waals surface area contributed by atoms with Crippen molar-refractivity contribution >= 4 is 22.8 Å². The fourth-order valence-electron chi connectivity index (χ4n) is 3.26. The van der Waals surface area contributed by atoms with Gasteiger partial charge in [-0.3, -0.25) is 0 Å². The molecule has 0 atom stereocenters. The molecule has 0 aromatic heterocycles. The summed E-state index contributed by atoms with van der Waals surface area (Å²) in [6.07, 6.45) is 0. The summed E-state index contributed by atoms with van der Waals surface area (Å²) in [6.45, 7) is 0. The fourth-order valence-corrected chi connectivity index (χ4v) is 16.8. The number of nitrogens with zero attached hydrogens (tertiary/aromatic N) is 7. The third kappa shape index (κ3) is 4.25. The maximum atomic E-state index is 12.1. The zero-order chi connectivity index (χ0) is 21.3. The predicted molar refractivity (Wildman–Crippen MR) is 112 cm³/mol. The van der Waals surface area contributed by atoms with Gasteiger partial charge in [-0.15, -0.1) is 0 Å². The second-order valence-electron chi connectivity index (χ2n) is 7.14. The molecular formula is C12H38N7O4P3. The topological polar surface area (TPSA) is 98.6 Å². The van der Waals surface area contributed by atoms with Gasteiger partial charge in [0.05, 0.1) is 0 Å². The van der Waals surface area contributed by atoms with Crippen LogP contribution in [0.3, 0.4) is 0 Å². The first-order valence-corrected chi connectivity index (χ1v) is 13.0. The molecule has 26 heavy (non-hydrogen) atoms. The fraction of sp³-hybridized carbons (Fsp3) is 1.00. The second kappa shape index (κ2) is 8.49. The van der Waals surface area contributed by atoms with E-state index in [1.54, 1.807) is 56.3 Å². The van der Waals surface area contributed by atoms with Crippen molar-refractivity contribution in [2.75, 3.05) is 84.6 Å². The molecule has 0 spiro atoms. The summed E-state index contributed by atoms with van der Waals surface area (Å²) < 4.78 is 34.0. The summed E-state index contributed by atoms with van der Waals surface area (Å²) in [5, 5.41) is 0. The van der Waals surface area contributed by atoms with E-state index in [2.05, 4.69) is 0 Å². The molecule has 2 N–H and O–H groups in total. The van der Waals surface area contributed by atoms with Crippen LogP contribution in [0.15, 0.2) is 4.52 Å². The van der Waals surface area contributed by atoms with Crippen LogP contribution in [0.2, 0.25) is 0 Å². The molecule has 14 heteroatoms. The van der Waals surface area contributed by atoms with Gasteiger partial charge in [0.25, 0.3) is 0 Å². The van der Waals surface area contributed by atoms with Crippen LogP contribution in [-0.4, -0.2) is 122 Å². The first-order valence-electron chi connectivity index (χ1n) is 7.91. The number of rotatable bonds is 9. The van der Waals surface area contributed by atoms with Gasteiger partial charge in [0, 0.05) is 0 Å². The third-order valence-corrected chi connectivity index (χ3v) is 15.9. The van der Waals surface area contributed by atoms with Gasteiger partial charge in [-0.05, 0) is 0 Å². The Kier molecular flexibility index (Phi) is 8.67. The molecule has 0 aliphatic heterocycles. The zero-order valence-electron chi connectivity index (χ0n) is 18.2. The van der Waals surface area contributed by atoms with E-state index < -0.39 is 22.8 Å². The maximum absolute atomic E-state index is 12.1. The van der Waals surface area contributed by atoms with Crippen LogP contribution in [0.25, 0.3) is 0 Å². The number of hydrogen-bond donors (Lipinski definition) is 2. The van der Waals surface area contributed by atoms with Crippen LogP contribution in [0.5, 0.6) is 0 Å². The van der Waals surface area contributed by atoms with Crippen LogP contribution < -0.4 is 0 Å². The summed E-state index contributed by atoms with van der Waals surface area (Å²) in [6, 6.07) is 0. The summed E-state index contributed by atoms with van der Waals surface area (Å²) in [5.41, 5.74) is 0. The average molecular weight is 437 g/mol. The molecule has 0 unspecified atom stereocenters. The standard InChI is InChI=1S/C12H38N7O4P3/c1-14(2)24(15(3)4,16(5)6)13-26(17(7)8,18(9)10,19(11)12)23-25(20,21)22/h1-12H3,(H2,20,21,22). The Labute approximate surface area is 159 Å². The minimum atomic E-state index is -4.89. The molecule has 0 saturated carbocycles. The average Bonchev–Trinajstić information content (AvgIpc) is 2.39. The summed E-state index contributed by atoms with van der Waals surface area (Å²) in [7, 11) is 10.1. The Bertz CT molecular complexity index is 536. The molecule has 11 nitrogen and oxygen atoms in total. The monoisotopic (exact) mass is 437 g/mol. The van der Waals surface area contributed by atoms with E-state index >= 15 is 0 Å². The van der Waals surface area contributed by atoms with E-state index in [1.807, 2.05) is 56.3 Å². The van der Waals surface area contributed by atoms with Crippen LogP contribution >= 0.6 is 22.8 Å². The molecule has 160 valence electrons. The molecule has 0 aromatic carbocycles. The van der Waals surface area contributed by atoms with E-state index in [0.29, 0.717) is 0 Å². The zero-order valence-corrected chi connectivity index (χ0v) is 20.9. The Morgan fingerprint density at radius 2 is 0.962 bits per heavy atom. The van der Waals surface area contributed by atoms with E-state index in [9.17, 15) is 14.4 Å². The first kappa shape index (κ1) is 26.5. The second-order valence-corrected chi connectivity index (χ2v) is 17.1. The quantitative estimate of drug-likeness (QED) is 0.517. The van der Waals surface area contributed by atoms with Crippen molar-refractivity contribution in [2.45, 2.75) is 0 Å². The van der Waals surface area contributed by atoms with Crippen LogP contribution in [0, 0.1) is 0 Å². The van der Waals surface area contributed by atoms with Gasteiger partial charge in [-0.1, -0.05) is 0 Å². The Balaban J connectivity index is 7.65. The normalized spacial score (nSPS) is 16.2. The van der Waals surface area contributed by atoms with Crippen LogP contribution in [0.1, 0.15) is 0 Å². The van der Waals surface area contributed by atoms with Crippen molar-refractivity contribution in [2.24, 2.45) is 4.52 Å². The van der Waals surface area contributed by atoms with Gasteiger partial charge in [0.2, 0.25) is 0 Å². The van der Waals surface area contributed by atoms with Crippen molar-refractivity contribution in [3.05, 3.63) is 0 Å². The Morgan fingerprint density at radius 3 is 1.12 bits per heavy atom. The SMILES string of the molecule is CN(C)P(=NP(OP(=O)(O)O)(N(C)C)(N(C)C)N(C)C)(N(C)C)N(C)C. The van der Waals surface area contributed by atoms with Crippen molar-refractivity contribution in [3.63, 3.8) is 0 Å². The molecule has 0 aromatic rings. The van der Waals surface area contributed by atoms with Gasteiger partial charge < -0.3 is 0 Å². The van der Waals surface area contributed by atoms with E-state index in [0.717, 1.165) is 0 Å². The molecule has 0 heterocycles. The van der Waals surface area contributed by atoms with Crippen molar-refractivity contribution in [1.82, 2.24) is 28.0 Å². The molecule has 0 rings (SSSR count). The van der Waals surface area contributed by atoms with Gasteiger partial charge in [0.15, 0.2) is 0 Å². The third-order valence-electron chi connectivity index (χ3n) is 4.24. The van der Waals surface area contributed by atoms with E-state index in [-0.39, 0.29) is 0 Å².